The van der Waals surface area contributed by atoms with Gasteiger partial charge in [0, 0.05) is 25.0 Å². The number of likely N-dealkylation sites (N-methyl/N-ethyl adjacent to an activating group) is 1. The highest BCUT2D eigenvalue weighted by Gasteiger charge is 2.11. The molecule has 6 nitrogen and oxygen atoms in total. The molecule has 6 heteroatoms. The van der Waals surface area contributed by atoms with Crippen LogP contribution >= 0.6 is 0 Å². The number of hydrogen-bond acceptors (Lipinski definition) is 5. The topological polar surface area (TPSA) is 63.7 Å². The predicted molar refractivity (Wildman–Crippen MR) is 93.6 cm³/mol. The highest BCUT2D eigenvalue weighted by Crippen LogP contribution is 2.28. The number of carbonyl (C=O) groups excluding carboxylic acids is 1. The molecule has 1 N–H and O–H groups in total. The summed E-state index contributed by atoms with van der Waals surface area (Å²) >= 11 is 0. The van der Waals surface area contributed by atoms with Gasteiger partial charge in [-0.1, -0.05) is 0 Å². The molecule has 0 atom stereocenters. The average molecular weight is 329 g/mol. The Hall–Kier alpha value is -2.60. The van der Waals surface area contributed by atoms with Crippen molar-refractivity contribution in [2.24, 2.45) is 0 Å². The molecule has 2 rings (SSSR count). The Morgan fingerprint density at radius 1 is 1.17 bits per heavy atom. The molecule has 0 bridgehead atoms. The lowest BCUT2D eigenvalue weighted by Gasteiger charge is -2.17. The van der Waals surface area contributed by atoms with E-state index < -0.39 is 0 Å². The number of benzene rings is 1. The summed E-state index contributed by atoms with van der Waals surface area (Å²) in [6, 6.07) is 9.26. The van der Waals surface area contributed by atoms with Crippen molar-refractivity contribution in [2.75, 3.05) is 39.7 Å². The monoisotopic (exact) mass is 329 g/mol. The first kappa shape index (κ1) is 17.7. The Kier molecular flexibility index (Phi) is 6.57. The molecule has 0 saturated heterocycles. The summed E-state index contributed by atoms with van der Waals surface area (Å²) in [6.45, 7) is 1.08. The van der Waals surface area contributed by atoms with Gasteiger partial charge in [0.1, 0.15) is 11.5 Å². The third-order valence-electron chi connectivity index (χ3n) is 3.63. The smallest absolute Gasteiger partial charge is 0.238 e. The van der Waals surface area contributed by atoms with Crippen LogP contribution in [0.2, 0.25) is 0 Å². The molecular weight excluding hydrogens is 306 g/mol. The Balaban J connectivity index is 1.88. The number of nitrogens with one attached hydrogen (secondary N) is 1. The molecule has 1 aromatic heterocycles. The van der Waals surface area contributed by atoms with Gasteiger partial charge in [0.05, 0.1) is 26.5 Å². The van der Waals surface area contributed by atoms with E-state index >= 15 is 0 Å². The normalized spacial score (nSPS) is 10.5. The minimum atomic E-state index is -0.0984. The number of anilines is 1. The van der Waals surface area contributed by atoms with E-state index in [2.05, 4.69) is 10.3 Å². The van der Waals surface area contributed by atoms with Gasteiger partial charge < -0.3 is 14.8 Å². The van der Waals surface area contributed by atoms with Crippen LogP contribution in [0.15, 0.2) is 42.7 Å². The molecule has 2 aromatic rings. The summed E-state index contributed by atoms with van der Waals surface area (Å²) in [5.74, 6) is 1.17. The van der Waals surface area contributed by atoms with Gasteiger partial charge >= 0.3 is 0 Å². The number of nitrogens with zero attached hydrogens (tertiary/aromatic N) is 2. The zero-order chi connectivity index (χ0) is 17.4. The first-order valence-corrected chi connectivity index (χ1v) is 7.71. The van der Waals surface area contributed by atoms with E-state index in [9.17, 15) is 4.79 Å². The van der Waals surface area contributed by atoms with Crippen LogP contribution in [0.1, 0.15) is 5.56 Å². The van der Waals surface area contributed by atoms with Gasteiger partial charge in [-0.2, -0.15) is 0 Å². The van der Waals surface area contributed by atoms with Crippen LogP contribution in [0.5, 0.6) is 11.5 Å². The first-order chi connectivity index (χ1) is 11.6. The van der Waals surface area contributed by atoms with Gasteiger partial charge in [-0.3, -0.25) is 14.7 Å². The van der Waals surface area contributed by atoms with Gasteiger partial charge in [0.15, 0.2) is 0 Å². The van der Waals surface area contributed by atoms with E-state index in [0.29, 0.717) is 23.7 Å². The lowest BCUT2D eigenvalue weighted by molar-refractivity contribution is -0.117. The van der Waals surface area contributed by atoms with Crippen molar-refractivity contribution in [1.82, 2.24) is 9.88 Å². The SMILES string of the molecule is COc1ccc(OC)c(NC(=O)CN(C)CCc2ccncc2)c1. The molecule has 0 aliphatic heterocycles. The fourth-order valence-electron chi connectivity index (χ4n) is 2.30. The molecular formula is C18H23N3O3. The molecule has 0 fully saturated rings. The number of aromatic nitrogens is 1. The van der Waals surface area contributed by atoms with Gasteiger partial charge in [-0.05, 0) is 43.3 Å². The van der Waals surface area contributed by atoms with Crippen molar-refractivity contribution in [3.8, 4) is 11.5 Å². The summed E-state index contributed by atoms with van der Waals surface area (Å²) in [5.41, 5.74) is 1.80. The maximum atomic E-state index is 12.2. The van der Waals surface area contributed by atoms with E-state index in [1.54, 1.807) is 44.8 Å². The Morgan fingerprint density at radius 3 is 2.58 bits per heavy atom. The maximum Gasteiger partial charge on any atom is 0.238 e. The van der Waals surface area contributed by atoms with Crippen LogP contribution in [0.25, 0.3) is 0 Å². The van der Waals surface area contributed by atoms with Crippen LogP contribution in [0.3, 0.4) is 0 Å². The van der Waals surface area contributed by atoms with Crippen molar-refractivity contribution in [2.45, 2.75) is 6.42 Å². The largest absolute Gasteiger partial charge is 0.497 e. The lowest BCUT2D eigenvalue weighted by atomic mass is 10.2. The van der Waals surface area contributed by atoms with Gasteiger partial charge in [0.2, 0.25) is 5.91 Å². The van der Waals surface area contributed by atoms with E-state index in [1.165, 1.54) is 5.56 Å². The van der Waals surface area contributed by atoms with Crippen molar-refractivity contribution in [3.05, 3.63) is 48.3 Å². The maximum absolute atomic E-state index is 12.2. The fraction of sp³-hybridized carbons (Fsp3) is 0.333. The highest BCUT2D eigenvalue weighted by molar-refractivity contribution is 5.93. The Labute approximate surface area is 142 Å². The number of methoxy groups -OCH3 is 2. The van der Waals surface area contributed by atoms with Gasteiger partial charge in [0.25, 0.3) is 0 Å². The van der Waals surface area contributed by atoms with Crippen molar-refractivity contribution < 1.29 is 14.3 Å². The molecule has 1 amide bonds. The lowest BCUT2D eigenvalue weighted by Crippen LogP contribution is -2.31. The number of rotatable bonds is 8. The third kappa shape index (κ3) is 5.24. The molecule has 128 valence electrons. The number of amides is 1. The summed E-state index contributed by atoms with van der Waals surface area (Å²) in [7, 11) is 5.07. The molecule has 0 radical (unpaired) electrons. The standard InChI is InChI=1S/C18H23N3O3/c1-21(11-8-14-6-9-19-10-7-14)13-18(22)20-16-12-15(23-2)4-5-17(16)24-3/h4-7,9-10,12H,8,11,13H2,1-3H3,(H,20,22). The van der Waals surface area contributed by atoms with Crippen LogP contribution in [0, 0.1) is 0 Å². The number of hydrogen-bond donors (Lipinski definition) is 1. The molecule has 1 heterocycles. The Bertz CT molecular complexity index is 662. The Morgan fingerprint density at radius 2 is 1.92 bits per heavy atom. The number of carbonyl (C=O) groups is 1. The van der Waals surface area contributed by atoms with Crippen molar-refractivity contribution in [1.29, 1.82) is 0 Å². The molecule has 0 saturated carbocycles. The predicted octanol–water partition coefficient (Wildman–Crippen LogP) is 2.21. The minimum absolute atomic E-state index is 0.0984. The second-order valence-electron chi connectivity index (χ2n) is 5.46. The zero-order valence-electron chi connectivity index (χ0n) is 14.3. The van der Waals surface area contributed by atoms with E-state index in [1.807, 2.05) is 24.1 Å². The van der Waals surface area contributed by atoms with E-state index in [4.69, 9.17) is 9.47 Å². The average Bonchev–Trinajstić information content (AvgIpc) is 2.60. The van der Waals surface area contributed by atoms with Crippen LogP contribution in [-0.4, -0.2) is 50.1 Å². The quantitative estimate of drug-likeness (QED) is 0.804. The molecule has 0 aliphatic rings. The van der Waals surface area contributed by atoms with Crippen molar-refractivity contribution in [3.63, 3.8) is 0 Å². The minimum Gasteiger partial charge on any atom is -0.497 e. The van der Waals surface area contributed by atoms with Crippen LogP contribution in [-0.2, 0) is 11.2 Å². The highest BCUT2D eigenvalue weighted by atomic mass is 16.5. The second-order valence-corrected chi connectivity index (χ2v) is 5.46. The van der Waals surface area contributed by atoms with Crippen LogP contribution < -0.4 is 14.8 Å². The molecule has 24 heavy (non-hydrogen) atoms. The first-order valence-electron chi connectivity index (χ1n) is 7.71. The molecule has 1 aromatic carbocycles. The summed E-state index contributed by atoms with van der Waals surface area (Å²) in [4.78, 5) is 18.2. The van der Waals surface area contributed by atoms with E-state index in [0.717, 1.165) is 13.0 Å². The fourth-order valence-corrected chi connectivity index (χ4v) is 2.30. The zero-order valence-corrected chi connectivity index (χ0v) is 14.3. The van der Waals surface area contributed by atoms with Gasteiger partial charge in [-0.25, -0.2) is 0 Å². The summed E-state index contributed by atoms with van der Waals surface area (Å²) in [5, 5.41) is 2.87. The molecule has 0 aliphatic carbocycles. The van der Waals surface area contributed by atoms with E-state index in [-0.39, 0.29) is 5.91 Å². The third-order valence-corrected chi connectivity index (χ3v) is 3.63. The number of pyridine rings is 1. The van der Waals surface area contributed by atoms with Crippen molar-refractivity contribution >= 4 is 11.6 Å². The van der Waals surface area contributed by atoms with Gasteiger partial charge in [-0.15, -0.1) is 0 Å². The van der Waals surface area contributed by atoms with Crippen LogP contribution in [0.4, 0.5) is 5.69 Å². The second kappa shape index (κ2) is 8.88. The number of ether oxygens (including phenoxy) is 2. The molecule has 0 unspecified atom stereocenters. The summed E-state index contributed by atoms with van der Waals surface area (Å²) in [6.07, 6.45) is 4.42. The summed E-state index contributed by atoms with van der Waals surface area (Å²) < 4.78 is 10.4. The molecule has 0 spiro atoms.